The van der Waals surface area contributed by atoms with Crippen LogP contribution < -0.4 is 16.4 Å². The number of hydrogen-bond donors (Lipinski definition) is 3. The zero-order valence-electron chi connectivity index (χ0n) is 13.1. The molecule has 3 atom stereocenters. The minimum Gasteiger partial charge on any atom is -0.368 e. The van der Waals surface area contributed by atoms with Gasteiger partial charge in [0.1, 0.15) is 0 Å². The molecule has 0 saturated carbocycles. The zero-order valence-corrected chi connectivity index (χ0v) is 14.6. The fraction of sp³-hybridized carbons (Fsp3) is 0.412. The lowest BCUT2D eigenvalue weighted by Gasteiger charge is -2.32. The normalized spacial score (nSPS) is 27.0. The smallest absolute Gasteiger partial charge is 0.220 e. The van der Waals surface area contributed by atoms with E-state index in [2.05, 4.69) is 26.7 Å². The number of piperidine rings is 1. The molecule has 24 heavy (non-hydrogen) atoms. The van der Waals surface area contributed by atoms with Crippen LogP contribution in [0.4, 0.5) is 5.95 Å². The maximum atomic E-state index is 6.18. The molecule has 0 amide bonds. The largest absolute Gasteiger partial charge is 0.368 e. The molecule has 3 aromatic rings. The quantitative estimate of drug-likeness (QED) is 0.623. The number of hydrogen-bond acceptors (Lipinski definition) is 6. The number of rotatable bonds is 1. The van der Waals surface area contributed by atoms with Crippen LogP contribution in [0.5, 0.6) is 0 Å². The number of nitrogens with two attached hydrogens (primary N) is 1. The number of benzene rings is 1. The predicted molar refractivity (Wildman–Crippen MR) is 99.9 cm³/mol. The predicted octanol–water partition coefficient (Wildman–Crippen LogP) is 2.89. The number of nitrogen functional groups attached to an aromatic ring is 1. The molecule has 2 aliphatic rings. The van der Waals surface area contributed by atoms with E-state index in [0.717, 1.165) is 45.8 Å². The van der Waals surface area contributed by atoms with Crippen molar-refractivity contribution in [2.24, 2.45) is 0 Å². The molecule has 4 N–H and O–H groups in total. The molecule has 2 aliphatic heterocycles. The third kappa shape index (κ3) is 2.29. The molecule has 7 heteroatoms. The highest BCUT2D eigenvalue weighted by Gasteiger charge is 2.35. The van der Waals surface area contributed by atoms with Gasteiger partial charge in [-0.15, -0.1) is 11.3 Å². The van der Waals surface area contributed by atoms with Crippen molar-refractivity contribution >= 4 is 49.2 Å². The van der Waals surface area contributed by atoms with Crippen LogP contribution in [-0.4, -0.2) is 35.1 Å². The molecular weight excluding hydrogens is 342 g/mol. The molecule has 5 nitrogen and oxygen atoms in total. The summed E-state index contributed by atoms with van der Waals surface area (Å²) in [5, 5.41) is 9.07. The fourth-order valence-electron chi connectivity index (χ4n) is 4.08. The molecule has 5 rings (SSSR count). The van der Waals surface area contributed by atoms with Gasteiger partial charge in [0.25, 0.3) is 0 Å². The van der Waals surface area contributed by atoms with Crippen molar-refractivity contribution in [1.82, 2.24) is 20.6 Å². The van der Waals surface area contributed by atoms with Gasteiger partial charge in [-0.3, -0.25) is 0 Å². The molecule has 0 bridgehead atoms. The summed E-state index contributed by atoms with van der Waals surface area (Å²) >= 11 is 7.91. The number of fused-ring (bicyclic) bond motifs is 4. The number of aromatic nitrogens is 2. The van der Waals surface area contributed by atoms with E-state index in [1.165, 1.54) is 11.1 Å². The molecule has 0 spiro atoms. The average Bonchev–Trinajstić information content (AvgIpc) is 3.18. The SMILES string of the molecule is Nc1nc(C2CNC3CCNC3C2)c2sc3ccc(Cl)cc3c2n1. The second-order valence-electron chi connectivity index (χ2n) is 6.68. The van der Waals surface area contributed by atoms with Gasteiger partial charge in [-0.05, 0) is 37.6 Å². The summed E-state index contributed by atoms with van der Waals surface area (Å²) in [4.78, 5) is 9.14. The Balaban J connectivity index is 1.66. The second kappa shape index (κ2) is 5.52. The summed E-state index contributed by atoms with van der Waals surface area (Å²) in [7, 11) is 0. The summed E-state index contributed by atoms with van der Waals surface area (Å²) in [5.41, 5.74) is 8.05. The lowest BCUT2D eigenvalue weighted by atomic mass is 9.88. The van der Waals surface area contributed by atoms with E-state index in [0.29, 0.717) is 23.9 Å². The van der Waals surface area contributed by atoms with Crippen molar-refractivity contribution in [2.75, 3.05) is 18.8 Å². The lowest BCUT2D eigenvalue weighted by Crippen LogP contribution is -2.48. The number of anilines is 1. The molecule has 124 valence electrons. The molecule has 0 radical (unpaired) electrons. The van der Waals surface area contributed by atoms with E-state index in [1.54, 1.807) is 11.3 Å². The number of thiophene rings is 1. The minimum absolute atomic E-state index is 0.346. The van der Waals surface area contributed by atoms with E-state index in [9.17, 15) is 0 Å². The number of nitrogens with zero attached hydrogens (tertiary/aromatic N) is 2. The first-order valence-corrected chi connectivity index (χ1v) is 9.50. The Morgan fingerprint density at radius 3 is 3.04 bits per heavy atom. The van der Waals surface area contributed by atoms with E-state index < -0.39 is 0 Å². The Kier molecular flexibility index (Phi) is 3.42. The molecule has 2 fully saturated rings. The van der Waals surface area contributed by atoms with E-state index in [1.807, 2.05) is 12.1 Å². The van der Waals surface area contributed by atoms with Gasteiger partial charge >= 0.3 is 0 Å². The summed E-state index contributed by atoms with van der Waals surface area (Å²) in [6, 6.07) is 7.07. The van der Waals surface area contributed by atoms with Crippen LogP contribution in [0.2, 0.25) is 5.02 Å². The van der Waals surface area contributed by atoms with Crippen molar-refractivity contribution in [2.45, 2.75) is 30.8 Å². The van der Waals surface area contributed by atoms with Gasteiger partial charge in [-0.2, -0.15) is 0 Å². The Bertz CT molecular complexity index is 940. The van der Waals surface area contributed by atoms with E-state index >= 15 is 0 Å². The minimum atomic E-state index is 0.346. The molecule has 1 aromatic carbocycles. The maximum Gasteiger partial charge on any atom is 0.220 e. The van der Waals surface area contributed by atoms with Crippen LogP contribution in [0.15, 0.2) is 18.2 Å². The molecule has 2 aromatic heterocycles. The lowest BCUT2D eigenvalue weighted by molar-refractivity contribution is 0.330. The van der Waals surface area contributed by atoms with Crippen molar-refractivity contribution in [1.29, 1.82) is 0 Å². The van der Waals surface area contributed by atoms with Crippen LogP contribution in [-0.2, 0) is 0 Å². The Labute approximate surface area is 148 Å². The van der Waals surface area contributed by atoms with Crippen LogP contribution in [0.3, 0.4) is 0 Å². The van der Waals surface area contributed by atoms with Crippen LogP contribution in [0, 0.1) is 0 Å². The second-order valence-corrected chi connectivity index (χ2v) is 8.17. The third-order valence-corrected chi connectivity index (χ3v) is 6.63. The van der Waals surface area contributed by atoms with Gasteiger partial charge in [0.15, 0.2) is 0 Å². The van der Waals surface area contributed by atoms with E-state index in [-0.39, 0.29) is 0 Å². The summed E-state index contributed by atoms with van der Waals surface area (Å²) in [5.74, 6) is 0.701. The van der Waals surface area contributed by atoms with Crippen LogP contribution in [0.1, 0.15) is 24.5 Å². The summed E-state index contributed by atoms with van der Waals surface area (Å²) < 4.78 is 2.32. The first-order valence-electron chi connectivity index (χ1n) is 8.31. The monoisotopic (exact) mass is 359 g/mol. The maximum absolute atomic E-state index is 6.18. The third-order valence-electron chi connectivity index (χ3n) is 5.22. The summed E-state index contributed by atoms with van der Waals surface area (Å²) in [6.07, 6.45) is 2.30. The molecule has 3 unspecified atom stereocenters. The Morgan fingerprint density at radius 2 is 2.12 bits per heavy atom. The van der Waals surface area contributed by atoms with Crippen LogP contribution >= 0.6 is 22.9 Å². The molecular formula is C17H18ClN5S. The van der Waals surface area contributed by atoms with Gasteiger partial charge in [-0.25, -0.2) is 9.97 Å². The van der Waals surface area contributed by atoms with E-state index in [4.69, 9.17) is 17.3 Å². The van der Waals surface area contributed by atoms with Gasteiger partial charge in [0.2, 0.25) is 5.95 Å². The highest BCUT2D eigenvalue weighted by molar-refractivity contribution is 7.25. The number of nitrogens with one attached hydrogen (secondary N) is 2. The first kappa shape index (κ1) is 14.8. The van der Waals surface area contributed by atoms with Crippen molar-refractivity contribution in [3.05, 3.63) is 28.9 Å². The zero-order chi connectivity index (χ0) is 16.3. The molecule has 0 aliphatic carbocycles. The first-order chi connectivity index (χ1) is 11.7. The highest BCUT2D eigenvalue weighted by atomic mass is 35.5. The topological polar surface area (TPSA) is 75.9 Å². The molecule has 2 saturated heterocycles. The Morgan fingerprint density at radius 1 is 1.21 bits per heavy atom. The average molecular weight is 360 g/mol. The van der Waals surface area contributed by atoms with Crippen molar-refractivity contribution in [3.8, 4) is 0 Å². The van der Waals surface area contributed by atoms with Crippen molar-refractivity contribution < 1.29 is 0 Å². The van der Waals surface area contributed by atoms with Crippen LogP contribution in [0.25, 0.3) is 20.3 Å². The van der Waals surface area contributed by atoms with Gasteiger partial charge in [0, 0.05) is 39.7 Å². The number of halogens is 1. The fourth-order valence-corrected chi connectivity index (χ4v) is 5.45. The van der Waals surface area contributed by atoms with Gasteiger partial charge in [-0.1, -0.05) is 11.6 Å². The standard InChI is InChI=1S/C17H18ClN5S/c18-9-1-2-13-10(6-9)15-16(24-13)14(22-17(19)23-15)8-5-12-11(21-7-8)3-4-20-12/h1-2,6,8,11-12,20-21H,3-5,7H2,(H2,19,22,23). The molecule has 4 heterocycles. The highest BCUT2D eigenvalue weighted by Crippen LogP contribution is 2.40. The Hall–Kier alpha value is -1.47. The van der Waals surface area contributed by atoms with Gasteiger partial charge in [0.05, 0.1) is 15.9 Å². The summed E-state index contributed by atoms with van der Waals surface area (Å²) in [6.45, 7) is 2.04. The van der Waals surface area contributed by atoms with Gasteiger partial charge < -0.3 is 16.4 Å². The van der Waals surface area contributed by atoms with Crippen molar-refractivity contribution in [3.63, 3.8) is 0 Å².